The van der Waals surface area contributed by atoms with Gasteiger partial charge in [0.15, 0.2) is 0 Å². The number of aromatic nitrogens is 1. The molecule has 0 radical (unpaired) electrons. The summed E-state index contributed by atoms with van der Waals surface area (Å²) in [5, 5.41) is 0. The van der Waals surface area contributed by atoms with E-state index in [0.717, 1.165) is 6.54 Å². The second-order valence-corrected chi connectivity index (χ2v) is 3.55. The van der Waals surface area contributed by atoms with Crippen LogP contribution in [0.3, 0.4) is 0 Å². The minimum Gasteiger partial charge on any atom is -0.370 e. The summed E-state index contributed by atoms with van der Waals surface area (Å²) >= 11 is 0. The van der Waals surface area contributed by atoms with Crippen molar-refractivity contribution in [1.82, 2.24) is 4.98 Å². The van der Waals surface area contributed by atoms with Gasteiger partial charge in [0.25, 0.3) is 0 Å². The molecule has 0 atom stereocenters. The van der Waals surface area contributed by atoms with Crippen LogP contribution in [0.15, 0.2) is 54.9 Å². The van der Waals surface area contributed by atoms with Gasteiger partial charge in [0.1, 0.15) is 0 Å². The fourth-order valence-corrected chi connectivity index (χ4v) is 1.55. The van der Waals surface area contributed by atoms with E-state index < -0.39 is 0 Å². The molecule has 0 spiro atoms. The summed E-state index contributed by atoms with van der Waals surface area (Å²) in [4.78, 5) is 6.21. The summed E-state index contributed by atoms with van der Waals surface area (Å²) in [6.45, 7) is 0.921. The molecular formula is C13H14N2. The predicted molar refractivity (Wildman–Crippen MR) is 62.8 cm³/mol. The van der Waals surface area contributed by atoms with Gasteiger partial charge in [-0.2, -0.15) is 0 Å². The van der Waals surface area contributed by atoms with Gasteiger partial charge in [0.2, 0.25) is 0 Å². The molecule has 0 aliphatic heterocycles. The highest BCUT2D eigenvalue weighted by atomic mass is 15.1. The van der Waals surface area contributed by atoms with Crippen LogP contribution in [-0.4, -0.2) is 12.0 Å². The zero-order valence-corrected chi connectivity index (χ0v) is 8.80. The lowest BCUT2D eigenvalue weighted by Gasteiger charge is -2.18. The highest BCUT2D eigenvalue weighted by molar-refractivity contribution is 5.44. The van der Waals surface area contributed by atoms with E-state index in [1.54, 1.807) is 0 Å². The van der Waals surface area contributed by atoms with E-state index in [9.17, 15) is 0 Å². The molecule has 15 heavy (non-hydrogen) atoms. The van der Waals surface area contributed by atoms with Crippen LogP contribution < -0.4 is 4.90 Å². The van der Waals surface area contributed by atoms with E-state index in [2.05, 4.69) is 41.2 Å². The van der Waals surface area contributed by atoms with Crippen LogP contribution in [0.4, 0.5) is 5.69 Å². The van der Waals surface area contributed by atoms with Crippen LogP contribution in [0, 0.1) is 0 Å². The van der Waals surface area contributed by atoms with Crippen LogP contribution in [0.5, 0.6) is 0 Å². The van der Waals surface area contributed by atoms with Crippen LogP contribution in [0.2, 0.25) is 0 Å². The maximum absolute atomic E-state index is 4.01. The molecule has 0 aliphatic rings. The van der Waals surface area contributed by atoms with Crippen molar-refractivity contribution in [1.29, 1.82) is 0 Å². The maximum Gasteiger partial charge on any atom is 0.0426 e. The molecule has 0 fully saturated rings. The number of rotatable bonds is 3. The largest absolute Gasteiger partial charge is 0.370 e. The molecule has 2 rings (SSSR count). The molecule has 0 amide bonds. The molecule has 0 saturated carbocycles. The van der Waals surface area contributed by atoms with E-state index in [4.69, 9.17) is 0 Å². The van der Waals surface area contributed by atoms with E-state index in [-0.39, 0.29) is 0 Å². The Morgan fingerprint density at radius 1 is 1.00 bits per heavy atom. The van der Waals surface area contributed by atoms with Crippen molar-refractivity contribution in [2.75, 3.05) is 11.9 Å². The summed E-state index contributed by atoms with van der Waals surface area (Å²) < 4.78 is 0. The lowest BCUT2D eigenvalue weighted by molar-refractivity contribution is 0.921. The Morgan fingerprint density at radius 2 is 1.67 bits per heavy atom. The van der Waals surface area contributed by atoms with Crippen molar-refractivity contribution >= 4 is 5.69 Å². The SMILES string of the molecule is CN(Cc1ccccc1)c1ccncc1. The highest BCUT2D eigenvalue weighted by Crippen LogP contribution is 2.13. The third-order valence-electron chi connectivity index (χ3n) is 2.37. The summed E-state index contributed by atoms with van der Waals surface area (Å²) in [6.07, 6.45) is 3.63. The van der Waals surface area contributed by atoms with Gasteiger partial charge < -0.3 is 4.90 Å². The highest BCUT2D eigenvalue weighted by Gasteiger charge is 2.00. The first-order chi connectivity index (χ1) is 7.36. The van der Waals surface area contributed by atoms with E-state index in [1.165, 1.54) is 11.3 Å². The normalized spacial score (nSPS) is 9.93. The average Bonchev–Trinajstić information content (AvgIpc) is 2.31. The quantitative estimate of drug-likeness (QED) is 0.753. The monoisotopic (exact) mass is 198 g/mol. The van der Waals surface area contributed by atoms with Gasteiger partial charge in [0, 0.05) is 31.7 Å². The van der Waals surface area contributed by atoms with Gasteiger partial charge >= 0.3 is 0 Å². The number of pyridine rings is 1. The molecule has 1 heterocycles. The summed E-state index contributed by atoms with van der Waals surface area (Å²) in [6, 6.07) is 14.5. The van der Waals surface area contributed by atoms with Crippen molar-refractivity contribution in [3.8, 4) is 0 Å². The summed E-state index contributed by atoms with van der Waals surface area (Å²) in [5.41, 5.74) is 2.51. The van der Waals surface area contributed by atoms with Gasteiger partial charge in [-0.05, 0) is 17.7 Å². The zero-order valence-electron chi connectivity index (χ0n) is 8.80. The molecule has 0 unspecified atom stereocenters. The molecule has 0 N–H and O–H groups in total. The lowest BCUT2D eigenvalue weighted by Crippen LogP contribution is -2.15. The molecule has 0 bridgehead atoms. The average molecular weight is 198 g/mol. The number of benzene rings is 1. The minimum atomic E-state index is 0.921. The van der Waals surface area contributed by atoms with E-state index in [1.807, 2.05) is 30.6 Å². The Morgan fingerprint density at radius 3 is 2.33 bits per heavy atom. The maximum atomic E-state index is 4.01. The van der Waals surface area contributed by atoms with Crippen LogP contribution in [0.1, 0.15) is 5.56 Å². The second-order valence-electron chi connectivity index (χ2n) is 3.55. The number of hydrogen-bond donors (Lipinski definition) is 0. The Kier molecular flexibility index (Phi) is 2.98. The molecule has 2 aromatic rings. The molecule has 1 aromatic carbocycles. The molecule has 2 heteroatoms. The Labute approximate surface area is 90.2 Å². The topological polar surface area (TPSA) is 16.1 Å². The lowest BCUT2D eigenvalue weighted by atomic mass is 10.2. The zero-order chi connectivity index (χ0) is 10.5. The minimum absolute atomic E-state index is 0.921. The standard InChI is InChI=1S/C13H14N2/c1-15(13-7-9-14-10-8-13)11-12-5-3-2-4-6-12/h2-10H,11H2,1H3. The van der Waals surface area contributed by atoms with Gasteiger partial charge in [-0.3, -0.25) is 4.98 Å². The van der Waals surface area contributed by atoms with Crippen LogP contribution >= 0.6 is 0 Å². The van der Waals surface area contributed by atoms with E-state index >= 15 is 0 Å². The van der Waals surface area contributed by atoms with Gasteiger partial charge in [-0.1, -0.05) is 30.3 Å². The molecule has 0 saturated heterocycles. The summed E-state index contributed by atoms with van der Waals surface area (Å²) in [5.74, 6) is 0. The smallest absolute Gasteiger partial charge is 0.0426 e. The number of anilines is 1. The fourth-order valence-electron chi connectivity index (χ4n) is 1.55. The first-order valence-electron chi connectivity index (χ1n) is 5.01. The Balaban J connectivity index is 2.08. The first-order valence-corrected chi connectivity index (χ1v) is 5.01. The second kappa shape index (κ2) is 4.60. The van der Waals surface area contributed by atoms with Crippen molar-refractivity contribution < 1.29 is 0 Å². The molecular weight excluding hydrogens is 184 g/mol. The van der Waals surface area contributed by atoms with Crippen LogP contribution in [-0.2, 0) is 6.54 Å². The van der Waals surface area contributed by atoms with Crippen molar-refractivity contribution in [2.45, 2.75) is 6.54 Å². The van der Waals surface area contributed by atoms with Crippen LogP contribution in [0.25, 0.3) is 0 Å². The van der Waals surface area contributed by atoms with Crippen molar-refractivity contribution in [2.24, 2.45) is 0 Å². The fraction of sp³-hybridized carbons (Fsp3) is 0.154. The molecule has 1 aromatic heterocycles. The van der Waals surface area contributed by atoms with Gasteiger partial charge in [0.05, 0.1) is 0 Å². The van der Waals surface area contributed by atoms with Gasteiger partial charge in [-0.15, -0.1) is 0 Å². The summed E-state index contributed by atoms with van der Waals surface area (Å²) in [7, 11) is 2.09. The third-order valence-corrected chi connectivity index (χ3v) is 2.37. The first kappa shape index (κ1) is 9.71. The van der Waals surface area contributed by atoms with Crippen molar-refractivity contribution in [3.05, 3.63) is 60.4 Å². The third kappa shape index (κ3) is 2.56. The predicted octanol–water partition coefficient (Wildman–Crippen LogP) is 2.72. The number of hydrogen-bond acceptors (Lipinski definition) is 2. The molecule has 2 nitrogen and oxygen atoms in total. The van der Waals surface area contributed by atoms with E-state index in [0.29, 0.717) is 0 Å². The molecule has 0 aliphatic carbocycles. The molecule has 76 valence electrons. The van der Waals surface area contributed by atoms with Gasteiger partial charge in [-0.25, -0.2) is 0 Å². The Hall–Kier alpha value is -1.83. The van der Waals surface area contributed by atoms with Crippen molar-refractivity contribution in [3.63, 3.8) is 0 Å². The number of nitrogens with zero attached hydrogens (tertiary/aromatic N) is 2. The Bertz CT molecular complexity index is 397.